The monoisotopic (exact) mass is 471 g/mol. The van der Waals surface area contributed by atoms with Crippen molar-refractivity contribution in [2.75, 3.05) is 24.1 Å². The van der Waals surface area contributed by atoms with Crippen molar-refractivity contribution in [1.82, 2.24) is 9.62 Å². The van der Waals surface area contributed by atoms with Crippen molar-refractivity contribution in [3.05, 3.63) is 59.1 Å². The second kappa shape index (κ2) is 8.93. The van der Waals surface area contributed by atoms with E-state index in [1.165, 1.54) is 40.7 Å². The minimum absolute atomic E-state index is 0.0122. The maximum Gasteiger partial charge on any atom is 0.261 e. The number of hydrogen-bond acceptors (Lipinski definition) is 5. The third-order valence-electron chi connectivity index (χ3n) is 4.73. The summed E-state index contributed by atoms with van der Waals surface area (Å²) in [6.07, 6.45) is 2.40. The van der Waals surface area contributed by atoms with E-state index < -0.39 is 26.0 Å². The molecule has 1 aliphatic rings. The van der Waals surface area contributed by atoms with Gasteiger partial charge in [-0.3, -0.25) is 9.52 Å². The largest absolute Gasteiger partial charge is 0.348 e. The minimum Gasteiger partial charge on any atom is -0.348 e. The molecule has 1 heterocycles. The molecular weight excluding hydrogens is 450 g/mol. The molecule has 11 heteroatoms. The molecular formula is C19H22ClN3O5S2. The van der Waals surface area contributed by atoms with Crippen LogP contribution in [0.25, 0.3) is 0 Å². The van der Waals surface area contributed by atoms with Gasteiger partial charge in [-0.15, -0.1) is 0 Å². The molecule has 0 aliphatic carbocycles. The van der Waals surface area contributed by atoms with Crippen LogP contribution in [0.3, 0.4) is 0 Å². The molecule has 1 fully saturated rings. The summed E-state index contributed by atoms with van der Waals surface area (Å²) < 4.78 is 52.7. The van der Waals surface area contributed by atoms with E-state index in [-0.39, 0.29) is 28.7 Å². The molecule has 0 saturated carbocycles. The van der Waals surface area contributed by atoms with Crippen molar-refractivity contribution in [3.63, 3.8) is 0 Å². The second-order valence-electron chi connectivity index (χ2n) is 7.04. The van der Waals surface area contributed by atoms with Crippen LogP contribution in [0, 0.1) is 0 Å². The zero-order valence-corrected chi connectivity index (χ0v) is 18.6. The Balaban J connectivity index is 1.78. The van der Waals surface area contributed by atoms with Gasteiger partial charge in [0, 0.05) is 24.2 Å². The molecule has 1 amide bonds. The van der Waals surface area contributed by atoms with Crippen molar-refractivity contribution in [3.8, 4) is 0 Å². The molecule has 0 aromatic heterocycles. The summed E-state index contributed by atoms with van der Waals surface area (Å²) in [7, 11) is -7.27. The lowest BCUT2D eigenvalue weighted by atomic mass is 10.1. The quantitative estimate of drug-likeness (QED) is 0.671. The van der Waals surface area contributed by atoms with Crippen molar-refractivity contribution >= 4 is 43.2 Å². The van der Waals surface area contributed by atoms with Crippen LogP contribution in [-0.2, 0) is 20.0 Å². The lowest BCUT2D eigenvalue weighted by Gasteiger charge is -2.31. The Kier molecular flexibility index (Phi) is 6.71. The number of carbonyl (C=O) groups is 1. The number of piperidine rings is 1. The number of halogens is 1. The van der Waals surface area contributed by atoms with Gasteiger partial charge in [-0.25, -0.2) is 21.1 Å². The summed E-state index contributed by atoms with van der Waals surface area (Å²) in [4.78, 5) is 12.8. The molecule has 2 N–H and O–H groups in total. The van der Waals surface area contributed by atoms with Crippen LogP contribution in [0.15, 0.2) is 53.4 Å². The Labute approximate surface area is 181 Å². The average Bonchev–Trinajstić information content (AvgIpc) is 2.68. The number of amides is 1. The first-order chi connectivity index (χ1) is 14.1. The van der Waals surface area contributed by atoms with Crippen LogP contribution in [0.4, 0.5) is 5.69 Å². The van der Waals surface area contributed by atoms with Gasteiger partial charge in [-0.2, -0.15) is 0 Å². The van der Waals surface area contributed by atoms with E-state index in [9.17, 15) is 21.6 Å². The Morgan fingerprint density at radius 2 is 1.73 bits per heavy atom. The van der Waals surface area contributed by atoms with Crippen molar-refractivity contribution < 1.29 is 21.6 Å². The first-order valence-corrected chi connectivity index (χ1v) is 12.9. The fourth-order valence-electron chi connectivity index (χ4n) is 3.21. The average molecular weight is 472 g/mol. The standard InChI is InChI=1S/C19H22ClN3O5S2/c1-29(25,26)23-12-4-5-15(13-23)21-19(24)17-6-2-3-7-18(17)22-30(27,28)16-10-8-14(20)9-11-16/h2-3,6-11,15,22H,4-5,12-13H2,1H3,(H,21,24). The van der Waals surface area contributed by atoms with Crippen LogP contribution in [0.1, 0.15) is 23.2 Å². The van der Waals surface area contributed by atoms with Gasteiger partial charge in [0.15, 0.2) is 0 Å². The van der Waals surface area contributed by atoms with Crippen LogP contribution in [0.2, 0.25) is 5.02 Å². The Bertz CT molecular complexity index is 1140. The van der Waals surface area contributed by atoms with Gasteiger partial charge in [0.2, 0.25) is 10.0 Å². The maximum atomic E-state index is 12.8. The molecule has 0 bridgehead atoms. The molecule has 1 unspecified atom stereocenters. The van der Waals surface area contributed by atoms with Gasteiger partial charge in [-0.1, -0.05) is 23.7 Å². The highest BCUT2D eigenvalue weighted by Gasteiger charge is 2.28. The topological polar surface area (TPSA) is 113 Å². The van der Waals surface area contributed by atoms with E-state index in [0.29, 0.717) is 24.4 Å². The third kappa shape index (κ3) is 5.51. The van der Waals surface area contributed by atoms with Crippen LogP contribution in [-0.4, -0.2) is 52.4 Å². The molecule has 1 saturated heterocycles. The Morgan fingerprint density at radius 3 is 2.40 bits per heavy atom. The highest BCUT2D eigenvalue weighted by Crippen LogP contribution is 2.22. The van der Waals surface area contributed by atoms with Gasteiger partial charge in [0.25, 0.3) is 15.9 Å². The number of nitrogens with one attached hydrogen (secondary N) is 2. The van der Waals surface area contributed by atoms with Crippen molar-refractivity contribution in [2.24, 2.45) is 0 Å². The van der Waals surface area contributed by atoms with Crippen LogP contribution in [0.5, 0.6) is 0 Å². The van der Waals surface area contributed by atoms with E-state index in [2.05, 4.69) is 10.0 Å². The predicted octanol–water partition coefficient (Wildman–Crippen LogP) is 2.29. The van der Waals surface area contributed by atoms with E-state index in [0.717, 1.165) is 6.26 Å². The number of sulfonamides is 2. The molecule has 2 aromatic rings. The van der Waals surface area contributed by atoms with Crippen molar-refractivity contribution in [1.29, 1.82) is 0 Å². The van der Waals surface area contributed by atoms with E-state index in [1.807, 2.05) is 0 Å². The summed E-state index contributed by atoms with van der Waals surface area (Å²) >= 11 is 5.81. The van der Waals surface area contributed by atoms with Crippen LogP contribution < -0.4 is 10.0 Å². The number of carbonyl (C=O) groups excluding carboxylic acids is 1. The molecule has 0 spiro atoms. The zero-order chi connectivity index (χ0) is 21.9. The SMILES string of the molecule is CS(=O)(=O)N1CCCC(NC(=O)c2ccccc2NS(=O)(=O)c2ccc(Cl)cc2)C1. The second-order valence-corrected chi connectivity index (χ2v) is 11.1. The summed E-state index contributed by atoms with van der Waals surface area (Å²) in [5.74, 6) is -0.482. The van der Waals surface area contributed by atoms with E-state index >= 15 is 0 Å². The molecule has 8 nitrogen and oxygen atoms in total. The summed E-state index contributed by atoms with van der Waals surface area (Å²) in [5.41, 5.74) is 0.271. The van der Waals surface area contributed by atoms with Crippen molar-refractivity contribution in [2.45, 2.75) is 23.8 Å². The number of nitrogens with zero attached hydrogens (tertiary/aromatic N) is 1. The highest BCUT2D eigenvalue weighted by molar-refractivity contribution is 7.92. The lowest BCUT2D eigenvalue weighted by Crippen LogP contribution is -2.49. The minimum atomic E-state index is -3.92. The fraction of sp³-hybridized carbons (Fsp3) is 0.316. The number of hydrogen-bond donors (Lipinski definition) is 2. The normalized spacial score (nSPS) is 18.0. The first-order valence-electron chi connectivity index (χ1n) is 9.20. The lowest BCUT2D eigenvalue weighted by molar-refractivity contribution is 0.0922. The van der Waals surface area contributed by atoms with Gasteiger partial charge in [-0.05, 0) is 49.2 Å². The number of anilines is 1. The summed E-state index contributed by atoms with van der Waals surface area (Å²) in [6, 6.07) is 11.5. The van der Waals surface area contributed by atoms with E-state index in [4.69, 9.17) is 11.6 Å². The Morgan fingerprint density at radius 1 is 1.07 bits per heavy atom. The number of benzene rings is 2. The highest BCUT2D eigenvalue weighted by atomic mass is 35.5. The smallest absolute Gasteiger partial charge is 0.261 e. The van der Waals surface area contributed by atoms with Gasteiger partial charge < -0.3 is 5.32 Å². The molecule has 1 atom stereocenters. The molecule has 2 aromatic carbocycles. The number of para-hydroxylation sites is 1. The molecule has 3 rings (SSSR count). The predicted molar refractivity (Wildman–Crippen MR) is 116 cm³/mol. The van der Waals surface area contributed by atoms with E-state index in [1.54, 1.807) is 12.1 Å². The summed E-state index contributed by atoms with van der Waals surface area (Å²) in [5, 5.41) is 3.22. The maximum absolute atomic E-state index is 12.8. The summed E-state index contributed by atoms with van der Waals surface area (Å²) in [6.45, 7) is 0.603. The zero-order valence-electron chi connectivity index (χ0n) is 16.2. The molecule has 162 valence electrons. The van der Waals surface area contributed by atoms with Crippen LogP contribution >= 0.6 is 11.6 Å². The molecule has 1 aliphatic heterocycles. The molecule has 30 heavy (non-hydrogen) atoms. The Hall–Kier alpha value is -2.14. The molecule has 0 radical (unpaired) electrons. The van der Waals surface area contributed by atoms with Gasteiger partial charge in [0.05, 0.1) is 22.4 Å². The van der Waals surface area contributed by atoms with Gasteiger partial charge in [0.1, 0.15) is 0 Å². The first kappa shape index (κ1) is 22.5. The fourth-order valence-corrected chi connectivity index (χ4v) is 5.33. The van der Waals surface area contributed by atoms with Gasteiger partial charge >= 0.3 is 0 Å². The third-order valence-corrected chi connectivity index (χ3v) is 7.63. The number of rotatable bonds is 6.